The summed E-state index contributed by atoms with van der Waals surface area (Å²) in [5.41, 5.74) is 0.523. The lowest BCUT2D eigenvalue weighted by Gasteiger charge is -2.42. The van der Waals surface area contributed by atoms with Crippen molar-refractivity contribution in [3.63, 3.8) is 0 Å². The number of carbonyl (C=O) groups excluding carboxylic acids is 3. The number of nitrogens with one attached hydrogen (secondary N) is 3. The fraction of sp³-hybridized carbons (Fsp3) is 0.375. The molecule has 1 heterocycles. The summed E-state index contributed by atoms with van der Waals surface area (Å²) in [7, 11) is 0. The van der Waals surface area contributed by atoms with E-state index in [0.717, 1.165) is 0 Å². The number of hydrogen-bond acceptors (Lipinski definition) is 8. The van der Waals surface area contributed by atoms with Crippen molar-refractivity contribution in [2.45, 2.75) is 44.5 Å². The zero-order valence-corrected chi connectivity index (χ0v) is 23.5. The average molecular weight is 625 g/mol. The molecule has 0 radical (unpaired) electrons. The van der Waals surface area contributed by atoms with E-state index in [-0.39, 0.29) is 31.5 Å². The topological polar surface area (TPSA) is 155 Å². The van der Waals surface area contributed by atoms with E-state index in [1.807, 2.05) is 0 Å². The minimum Gasteiger partial charge on any atom is -0.446 e. The Morgan fingerprint density at radius 1 is 0.897 bits per heavy atom. The third-order valence-corrected chi connectivity index (χ3v) is 6.96. The Labute approximate surface area is 243 Å². The maximum atomic E-state index is 12.7. The van der Waals surface area contributed by atoms with Crippen LogP contribution in [0.4, 0.5) is 21.0 Å². The highest BCUT2D eigenvalue weighted by Gasteiger charge is 2.48. The monoisotopic (exact) mass is 623 g/mol. The van der Waals surface area contributed by atoms with Crippen LogP contribution < -0.4 is 16.0 Å². The predicted molar refractivity (Wildman–Crippen MR) is 145 cm³/mol. The van der Waals surface area contributed by atoms with Crippen molar-refractivity contribution < 1.29 is 38.8 Å². The lowest BCUT2D eigenvalue weighted by Crippen LogP contribution is -2.66. The minimum absolute atomic E-state index is 0.175. The molecule has 0 aromatic heterocycles. The van der Waals surface area contributed by atoms with Crippen LogP contribution >= 0.6 is 46.4 Å². The number of carbonyl (C=O) groups is 3. The van der Waals surface area contributed by atoms with Gasteiger partial charge in [-0.3, -0.25) is 15.4 Å². The number of hydrogen-bond donors (Lipinski definition) is 5. The van der Waals surface area contributed by atoms with Gasteiger partial charge in [-0.05, 0) is 36.4 Å². The van der Waals surface area contributed by atoms with Crippen molar-refractivity contribution in [3.8, 4) is 0 Å². The molecule has 0 unspecified atom stereocenters. The van der Waals surface area contributed by atoms with Gasteiger partial charge in [0, 0.05) is 17.3 Å². The van der Waals surface area contributed by atoms with Crippen LogP contribution in [-0.4, -0.2) is 65.6 Å². The van der Waals surface area contributed by atoms with Crippen molar-refractivity contribution in [3.05, 3.63) is 56.5 Å². The van der Waals surface area contributed by atoms with Gasteiger partial charge in [-0.15, -0.1) is 0 Å². The molecular formula is C24H25Cl4N3O8. The highest BCUT2D eigenvalue weighted by molar-refractivity contribution is 6.42. The Morgan fingerprint density at radius 3 is 1.95 bits per heavy atom. The van der Waals surface area contributed by atoms with Gasteiger partial charge in [0.2, 0.25) is 5.91 Å². The molecule has 1 aliphatic rings. The SMILES string of the molecule is CC(C)C(=O)N[C@@H]1[C@@H](OC(=O)Nc2ccc(Cl)c(Cl)c2)[C@H](O)[C@@H](COC(=O)Nc2ccc(Cl)c(Cl)c2)O[C@H]1O. The molecule has 0 saturated carbocycles. The Balaban J connectivity index is 1.70. The van der Waals surface area contributed by atoms with Crippen LogP contribution in [0.15, 0.2) is 36.4 Å². The minimum atomic E-state index is -1.73. The van der Waals surface area contributed by atoms with Gasteiger partial charge in [-0.1, -0.05) is 60.3 Å². The highest BCUT2D eigenvalue weighted by atomic mass is 35.5. The van der Waals surface area contributed by atoms with E-state index in [1.54, 1.807) is 13.8 Å². The first kappa shape index (κ1) is 31.0. The Kier molecular flexibility index (Phi) is 10.9. The number of amides is 3. The number of ether oxygens (including phenoxy) is 3. The van der Waals surface area contributed by atoms with Gasteiger partial charge < -0.3 is 29.7 Å². The number of anilines is 2. The molecule has 212 valence electrons. The average Bonchev–Trinajstić information content (AvgIpc) is 2.86. The molecule has 0 spiro atoms. The maximum absolute atomic E-state index is 12.7. The van der Waals surface area contributed by atoms with Crippen molar-refractivity contribution >= 4 is 75.9 Å². The summed E-state index contributed by atoms with van der Waals surface area (Å²) in [6.45, 7) is 2.67. The van der Waals surface area contributed by atoms with E-state index in [4.69, 9.17) is 60.6 Å². The molecule has 5 N–H and O–H groups in total. The predicted octanol–water partition coefficient (Wildman–Crippen LogP) is 4.68. The van der Waals surface area contributed by atoms with Gasteiger partial charge >= 0.3 is 12.2 Å². The highest BCUT2D eigenvalue weighted by Crippen LogP contribution is 2.28. The normalized spacial score (nSPS) is 22.6. The molecule has 1 saturated heterocycles. The molecule has 39 heavy (non-hydrogen) atoms. The molecule has 5 atom stereocenters. The van der Waals surface area contributed by atoms with Crippen LogP contribution in [0.25, 0.3) is 0 Å². The van der Waals surface area contributed by atoms with E-state index < -0.39 is 61.3 Å². The van der Waals surface area contributed by atoms with Crippen molar-refractivity contribution in [2.75, 3.05) is 17.2 Å². The van der Waals surface area contributed by atoms with Crippen molar-refractivity contribution in [2.24, 2.45) is 5.92 Å². The Hall–Kier alpha value is -2.51. The van der Waals surface area contributed by atoms with Gasteiger partial charge in [0.05, 0.1) is 20.1 Å². The third-order valence-electron chi connectivity index (χ3n) is 5.48. The van der Waals surface area contributed by atoms with Crippen molar-refractivity contribution in [1.29, 1.82) is 0 Å². The second-order valence-corrected chi connectivity index (χ2v) is 10.3. The van der Waals surface area contributed by atoms with Crippen molar-refractivity contribution in [1.82, 2.24) is 5.32 Å². The van der Waals surface area contributed by atoms with Gasteiger partial charge in [-0.25, -0.2) is 9.59 Å². The first-order valence-electron chi connectivity index (χ1n) is 11.5. The zero-order valence-electron chi connectivity index (χ0n) is 20.5. The van der Waals surface area contributed by atoms with E-state index in [0.29, 0.717) is 0 Å². The van der Waals surface area contributed by atoms with E-state index in [9.17, 15) is 24.6 Å². The fourth-order valence-electron chi connectivity index (χ4n) is 3.43. The lowest BCUT2D eigenvalue weighted by atomic mass is 9.96. The fourth-order valence-corrected chi connectivity index (χ4v) is 4.02. The molecule has 0 aliphatic carbocycles. The summed E-state index contributed by atoms with van der Waals surface area (Å²) < 4.78 is 15.9. The second-order valence-electron chi connectivity index (χ2n) is 8.72. The molecular weight excluding hydrogens is 600 g/mol. The largest absolute Gasteiger partial charge is 0.446 e. The standard InChI is InChI=1S/C24H25Cl4N3O8/c1-10(2)21(33)31-18-20(39-24(36)30-12-4-6-14(26)16(28)8-12)19(32)17(38-22(18)34)9-37-23(35)29-11-3-5-13(25)15(27)7-11/h3-8,10,17-20,22,32,34H,9H2,1-2H3,(H,29,35)(H,30,36)(H,31,33)/t17-,18-,19-,20-,22-/m1/s1. The number of benzene rings is 2. The smallest absolute Gasteiger partial charge is 0.412 e. The summed E-state index contributed by atoms with van der Waals surface area (Å²) in [6.07, 6.45) is -8.18. The molecule has 3 rings (SSSR count). The van der Waals surface area contributed by atoms with E-state index >= 15 is 0 Å². The molecule has 15 heteroatoms. The lowest BCUT2D eigenvalue weighted by molar-refractivity contribution is -0.252. The van der Waals surface area contributed by atoms with Crippen LogP contribution in [0.2, 0.25) is 20.1 Å². The summed E-state index contributed by atoms with van der Waals surface area (Å²) in [5, 5.41) is 29.9. The van der Waals surface area contributed by atoms with Gasteiger partial charge in [-0.2, -0.15) is 0 Å². The Morgan fingerprint density at radius 2 is 1.44 bits per heavy atom. The molecule has 3 amide bonds. The number of aliphatic hydroxyl groups excluding tert-OH is 2. The molecule has 0 bridgehead atoms. The number of halogens is 4. The summed E-state index contributed by atoms with van der Waals surface area (Å²) in [5.74, 6) is -0.991. The number of rotatable bonds is 7. The molecule has 2 aromatic rings. The van der Waals surface area contributed by atoms with Crippen LogP contribution in [0.5, 0.6) is 0 Å². The third kappa shape index (κ3) is 8.49. The number of aliphatic hydroxyl groups is 2. The van der Waals surface area contributed by atoms with Gasteiger partial charge in [0.25, 0.3) is 0 Å². The molecule has 1 fully saturated rings. The Bertz CT molecular complexity index is 1220. The van der Waals surface area contributed by atoms with E-state index in [1.165, 1.54) is 36.4 Å². The first-order chi connectivity index (χ1) is 18.3. The van der Waals surface area contributed by atoms with Crippen LogP contribution in [0.1, 0.15) is 13.8 Å². The van der Waals surface area contributed by atoms with Crippen LogP contribution in [-0.2, 0) is 19.0 Å². The quantitative estimate of drug-likeness (QED) is 0.297. The summed E-state index contributed by atoms with van der Waals surface area (Å²) in [6, 6.07) is 7.31. The molecule has 1 aliphatic heterocycles. The van der Waals surface area contributed by atoms with Gasteiger partial charge in [0.1, 0.15) is 24.9 Å². The van der Waals surface area contributed by atoms with Crippen LogP contribution in [0, 0.1) is 5.92 Å². The maximum Gasteiger partial charge on any atom is 0.412 e. The zero-order chi connectivity index (χ0) is 28.9. The van der Waals surface area contributed by atoms with Crippen LogP contribution in [0.3, 0.4) is 0 Å². The van der Waals surface area contributed by atoms with Gasteiger partial charge in [0.15, 0.2) is 12.4 Å². The molecule has 2 aromatic carbocycles. The first-order valence-corrected chi connectivity index (χ1v) is 13.0. The van der Waals surface area contributed by atoms with E-state index in [2.05, 4.69) is 16.0 Å². The molecule has 11 nitrogen and oxygen atoms in total. The summed E-state index contributed by atoms with van der Waals surface area (Å²) in [4.78, 5) is 37.2. The summed E-state index contributed by atoms with van der Waals surface area (Å²) >= 11 is 23.6. The second kappa shape index (κ2) is 13.7.